The predicted molar refractivity (Wildman–Crippen MR) is 295 cm³/mol. The van der Waals surface area contributed by atoms with Crippen molar-refractivity contribution in [3.05, 3.63) is 97.2 Å². The van der Waals surface area contributed by atoms with E-state index in [1.165, 1.54) is 77.0 Å². The Morgan fingerprint density at radius 2 is 0.771 bits per heavy atom. The fourth-order valence-electron chi connectivity index (χ4n) is 7.34. The number of phosphoric ester groups is 1. The number of rotatable bonds is 50. The van der Waals surface area contributed by atoms with Gasteiger partial charge in [-0.2, -0.15) is 0 Å². The number of quaternary nitrogens is 1. The van der Waals surface area contributed by atoms with Gasteiger partial charge in [-0.1, -0.05) is 214 Å². The van der Waals surface area contributed by atoms with Gasteiger partial charge in [0.05, 0.1) is 27.7 Å². The van der Waals surface area contributed by atoms with Gasteiger partial charge in [0.2, 0.25) is 0 Å². The van der Waals surface area contributed by atoms with Crippen molar-refractivity contribution in [3.63, 3.8) is 0 Å². The maximum atomic E-state index is 12.8. The number of phosphoric acid groups is 1. The Kier molecular flexibility index (Phi) is 48.6. The summed E-state index contributed by atoms with van der Waals surface area (Å²) in [4.78, 5) is 37.8. The summed E-state index contributed by atoms with van der Waals surface area (Å²) >= 11 is 0. The van der Waals surface area contributed by atoms with Crippen molar-refractivity contribution in [3.8, 4) is 0 Å². The predicted octanol–water partition coefficient (Wildman–Crippen LogP) is 16.6. The number of hydrogen-bond acceptors (Lipinski definition) is 8. The molecule has 10 heteroatoms. The minimum atomic E-state index is -4.64. The summed E-state index contributed by atoms with van der Waals surface area (Å²) < 4.78 is 34.1. The number of carbonyl (C=O) groups is 2. The Labute approximate surface area is 430 Å². The van der Waals surface area contributed by atoms with Gasteiger partial charge in [0, 0.05) is 12.8 Å². The number of allylic oxidation sites excluding steroid dienone is 16. The third-order valence-electron chi connectivity index (χ3n) is 11.6. The van der Waals surface area contributed by atoms with Gasteiger partial charge in [0.1, 0.15) is 19.8 Å². The second-order valence-electron chi connectivity index (χ2n) is 19.5. The van der Waals surface area contributed by atoms with E-state index < -0.39 is 32.5 Å². The summed E-state index contributed by atoms with van der Waals surface area (Å²) in [5, 5.41) is 0. The minimum absolute atomic E-state index is 0.0376. The zero-order valence-corrected chi connectivity index (χ0v) is 46.3. The van der Waals surface area contributed by atoms with Crippen molar-refractivity contribution in [2.24, 2.45) is 0 Å². The number of carbonyl (C=O) groups excluding carboxylic acids is 2. The Morgan fingerprint density at radius 3 is 1.14 bits per heavy atom. The Morgan fingerprint density at radius 1 is 0.443 bits per heavy atom. The van der Waals surface area contributed by atoms with E-state index in [0.717, 1.165) is 103 Å². The van der Waals surface area contributed by atoms with Crippen molar-refractivity contribution < 1.29 is 42.1 Å². The summed E-state index contributed by atoms with van der Waals surface area (Å²) in [6.45, 7) is 3.99. The fourth-order valence-corrected chi connectivity index (χ4v) is 8.07. The highest BCUT2D eigenvalue weighted by atomic mass is 31.2. The molecule has 2 atom stereocenters. The molecular formula is C60H104NO8P. The van der Waals surface area contributed by atoms with E-state index in [-0.39, 0.29) is 26.1 Å². The molecule has 402 valence electrons. The highest BCUT2D eigenvalue weighted by Gasteiger charge is 2.21. The Bertz CT molecular complexity index is 1500. The molecule has 0 aliphatic carbocycles. The third-order valence-corrected chi connectivity index (χ3v) is 12.6. The number of esters is 2. The van der Waals surface area contributed by atoms with Crippen molar-refractivity contribution in [1.29, 1.82) is 0 Å². The van der Waals surface area contributed by atoms with Crippen LogP contribution < -0.4 is 4.89 Å². The van der Waals surface area contributed by atoms with E-state index in [4.69, 9.17) is 18.5 Å². The molecule has 0 heterocycles. The first-order valence-corrected chi connectivity index (χ1v) is 29.4. The molecule has 0 fully saturated rings. The average Bonchev–Trinajstić information content (AvgIpc) is 3.32. The van der Waals surface area contributed by atoms with Crippen molar-refractivity contribution in [1.82, 2.24) is 0 Å². The normalized spacial score (nSPS) is 14.1. The average molecular weight is 998 g/mol. The first kappa shape index (κ1) is 66.9. The lowest BCUT2D eigenvalue weighted by molar-refractivity contribution is -0.870. The van der Waals surface area contributed by atoms with Gasteiger partial charge >= 0.3 is 11.9 Å². The quantitative estimate of drug-likeness (QED) is 0.0195. The maximum absolute atomic E-state index is 12.8. The summed E-state index contributed by atoms with van der Waals surface area (Å²) in [5.41, 5.74) is 0. The van der Waals surface area contributed by atoms with Gasteiger partial charge in [-0.05, 0) is 89.9 Å². The highest BCUT2D eigenvalue weighted by molar-refractivity contribution is 7.45. The van der Waals surface area contributed by atoms with Crippen LogP contribution in [-0.4, -0.2) is 70.0 Å². The van der Waals surface area contributed by atoms with Crippen molar-refractivity contribution >= 4 is 19.8 Å². The molecule has 0 spiro atoms. The van der Waals surface area contributed by atoms with E-state index in [9.17, 15) is 19.0 Å². The van der Waals surface area contributed by atoms with Gasteiger partial charge in [-0.15, -0.1) is 0 Å². The first-order valence-electron chi connectivity index (χ1n) is 27.9. The fraction of sp³-hybridized carbons (Fsp3) is 0.700. The molecule has 0 rings (SSSR count). The van der Waals surface area contributed by atoms with Crippen LogP contribution in [0.3, 0.4) is 0 Å². The molecule has 9 nitrogen and oxygen atoms in total. The van der Waals surface area contributed by atoms with Crippen LogP contribution in [0.25, 0.3) is 0 Å². The Hall–Kier alpha value is -3.07. The standard InChI is InChI=1S/C60H104NO8P/c1-6-8-10-12-14-16-18-20-22-23-24-25-26-27-28-29-30-31-32-33-34-35-36-37-39-41-43-45-47-49-51-53-60(63)69-58(57-68-70(64,65)67-55-54-61(3,4)5)56-66-59(62)52-50-48-46-44-42-40-38-21-19-17-15-13-11-9-7-2/h8-11,14-17,20-22,24-25,27-28,38,58H,6-7,12-13,18-19,23,26,29-37,39-57H2,1-5H3/b10-8-,11-9-,16-14-,17-15-,22-20-,25-24-,28-27-,38-21-. The molecule has 0 saturated carbocycles. The molecule has 0 bridgehead atoms. The van der Waals surface area contributed by atoms with Crippen LogP contribution in [0.1, 0.15) is 219 Å². The second kappa shape index (κ2) is 50.9. The van der Waals surface area contributed by atoms with Gasteiger partial charge < -0.3 is 27.9 Å². The molecule has 0 aromatic carbocycles. The molecule has 0 N–H and O–H groups in total. The molecule has 0 saturated heterocycles. The molecule has 0 amide bonds. The van der Waals surface area contributed by atoms with Crippen LogP contribution in [0.4, 0.5) is 0 Å². The number of ether oxygens (including phenoxy) is 2. The molecule has 0 aliphatic heterocycles. The smallest absolute Gasteiger partial charge is 0.306 e. The lowest BCUT2D eigenvalue weighted by atomic mass is 10.0. The lowest BCUT2D eigenvalue weighted by Gasteiger charge is -2.28. The molecule has 0 aromatic heterocycles. The van der Waals surface area contributed by atoms with Gasteiger partial charge in [0.25, 0.3) is 7.82 Å². The first-order chi connectivity index (χ1) is 34.0. The topological polar surface area (TPSA) is 111 Å². The SMILES string of the molecule is CC/C=C\C/C=C\C/C=C\C/C=C\C/C=C\CCCCCCCCCCCCCCCCCC(=O)OC(COC(=O)CCCCCCC/C=C\C/C=C\C/C=C\CC)COP(=O)([O-])OCC[N+](C)(C)C. The minimum Gasteiger partial charge on any atom is -0.756 e. The largest absolute Gasteiger partial charge is 0.756 e. The number of likely N-dealkylation sites (N-methyl/N-ethyl adjacent to an activating group) is 1. The molecule has 2 unspecified atom stereocenters. The van der Waals surface area contributed by atoms with Crippen LogP contribution in [0.15, 0.2) is 97.2 Å². The molecule has 0 aliphatic rings. The van der Waals surface area contributed by atoms with E-state index in [1.807, 2.05) is 21.1 Å². The summed E-state index contributed by atoms with van der Waals surface area (Å²) in [7, 11) is 1.15. The van der Waals surface area contributed by atoms with Crippen LogP contribution in [-0.2, 0) is 32.7 Å². The zero-order valence-electron chi connectivity index (χ0n) is 45.4. The van der Waals surface area contributed by atoms with Crippen LogP contribution in [0, 0.1) is 0 Å². The van der Waals surface area contributed by atoms with Gasteiger partial charge in [-0.25, -0.2) is 0 Å². The van der Waals surface area contributed by atoms with E-state index in [0.29, 0.717) is 23.9 Å². The molecular weight excluding hydrogens is 894 g/mol. The monoisotopic (exact) mass is 998 g/mol. The molecule has 0 aromatic rings. The molecule has 70 heavy (non-hydrogen) atoms. The van der Waals surface area contributed by atoms with Crippen molar-refractivity contribution in [2.75, 3.05) is 47.5 Å². The second-order valence-corrected chi connectivity index (χ2v) is 20.9. The zero-order chi connectivity index (χ0) is 51.3. The van der Waals surface area contributed by atoms with Gasteiger partial charge in [0.15, 0.2) is 6.10 Å². The van der Waals surface area contributed by atoms with Crippen LogP contribution in [0.5, 0.6) is 0 Å². The van der Waals surface area contributed by atoms with E-state index >= 15 is 0 Å². The number of nitrogens with zero attached hydrogens (tertiary/aromatic N) is 1. The van der Waals surface area contributed by atoms with E-state index in [2.05, 4.69) is 111 Å². The third kappa shape index (κ3) is 54.3. The number of hydrogen-bond donors (Lipinski definition) is 0. The van der Waals surface area contributed by atoms with Crippen LogP contribution >= 0.6 is 7.82 Å². The Balaban J connectivity index is 4.12. The summed E-state index contributed by atoms with van der Waals surface area (Å²) in [5.74, 6) is -0.856. The molecule has 0 radical (unpaired) electrons. The van der Waals surface area contributed by atoms with Crippen molar-refractivity contribution in [2.45, 2.75) is 225 Å². The maximum Gasteiger partial charge on any atom is 0.306 e. The van der Waals surface area contributed by atoms with Gasteiger partial charge in [-0.3, -0.25) is 14.2 Å². The summed E-state index contributed by atoms with van der Waals surface area (Å²) in [6.07, 6.45) is 68.8. The lowest BCUT2D eigenvalue weighted by Crippen LogP contribution is -2.37. The highest BCUT2D eigenvalue weighted by Crippen LogP contribution is 2.38. The van der Waals surface area contributed by atoms with Crippen LogP contribution in [0.2, 0.25) is 0 Å². The van der Waals surface area contributed by atoms with E-state index in [1.54, 1.807) is 0 Å². The number of unbranched alkanes of at least 4 members (excludes halogenated alkanes) is 20. The summed E-state index contributed by atoms with van der Waals surface area (Å²) in [6, 6.07) is 0.